The van der Waals surface area contributed by atoms with Crippen molar-refractivity contribution >= 4 is 23.0 Å². The van der Waals surface area contributed by atoms with Gasteiger partial charge in [0, 0.05) is 37.8 Å². The zero-order chi connectivity index (χ0) is 17.8. The van der Waals surface area contributed by atoms with Gasteiger partial charge in [-0.3, -0.25) is 4.79 Å². The van der Waals surface area contributed by atoms with Gasteiger partial charge in [-0.2, -0.15) is 0 Å². The van der Waals surface area contributed by atoms with Gasteiger partial charge in [-0.25, -0.2) is 0 Å². The number of hydrogen-bond acceptors (Lipinski definition) is 4. The lowest BCUT2D eigenvalue weighted by Crippen LogP contribution is -2.36. The molecule has 1 aliphatic carbocycles. The number of carbonyl (C=O) groups is 1. The number of amides is 1. The fraction of sp³-hybridized carbons (Fsp3) is 0.667. The maximum atomic E-state index is 12.9. The first-order chi connectivity index (χ1) is 12.8. The van der Waals surface area contributed by atoms with E-state index in [0.29, 0.717) is 0 Å². The smallest absolute Gasteiger partial charge is 0.227 e. The predicted octanol–water partition coefficient (Wildman–Crippen LogP) is 3.64. The lowest BCUT2D eigenvalue weighted by Gasteiger charge is -2.31. The predicted molar refractivity (Wildman–Crippen MR) is 106 cm³/mol. The van der Waals surface area contributed by atoms with Gasteiger partial charge in [0.25, 0.3) is 0 Å². The molecule has 3 fully saturated rings. The van der Waals surface area contributed by atoms with Crippen molar-refractivity contribution in [3.8, 4) is 0 Å². The van der Waals surface area contributed by atoms with Crippen molar-refractivity contribution in [1.82, 2.24) is 0 Å². The van der Waals surface area contributed by atoms with Crippen molar-refractivity contribution < 1.29 is 9.53 Å². The van der Waals surface area contributed by atoms with E-state index < -0.39 is 0 Å². The first-order valence-corrected chi connectivity index (χ1v) is 10.3. The van der Waals surface area contributed by atoms with Crippen LogP contribution in [0.3, 0.4) is 0 Å². The molecule has 1 N–H and O–H groups in total. The van der Waals surface area contributed by atoms with Gasteiger partial charge < -0.3 is 19.9 Å². The van der Waals surface area contributed by atoms with E-state index in [1.165, 1.54) is 43.5 Å². The average Bonchev–Trinajstić information content (AvgIpc) is 3.24. The lowest BCUT2D eigenvalue weighted by molar-refractivity contribution is -0.120. The average molecular weight is 357 g/mol. The molecule has 2 aliphatic heterocycles. The largest absolute Gasteiger partial charge is 0.378 e. The minimum absolute atomic E-state index is 0.183. The van der Waals surface area contributed by atoms with Gasteiger partial charge in [0.2, 0.25) is 5.91 Å². The molecular formula is C21H31N3O2. The summed E-state index contributed by atoms with van der Waals surface area (Å²) >= 11 is 0. The van der Waals surface area contributed by atoms with Crippen LogP contribution in [0, 0.1) is 5.92 Å². The molecule has 26 heavy (non-hydrogen) atoms. The first kappa shape index (κ1) is 17.7. The van der Waals surface area contributed by atoms with E-state index in [1.807, 2.05) is 0 Å². The summed E-state index contributed by atoms with van der Waals surface area (Å²) in [6, 6.07) is 6.58. The summed E-state index contributed by atoms with van der Waals surface area (Å²) in [5.41, 5.74) is 3.37. The van der Waals surface area contributed by atoms with Crippen LogP contribution in [0.25, 0.3) is 0 Å². The van der Waals surface area contributed by atoms with Crippen LogP contribution < -0.4 is 15.1 Å². The maximum Gasteiger partial charge on any atom is 0.227 e. The van der Waals surface area contributed by atoms with Crippen LogP contribution in [0.1, 0.15) is 44.9 Å². The third-order valence-corrected chi connectivity index (χ3v) is 6.04. The number of hydrogen-bond donors (Lipinski definition) is 1. The summed E-state index contributed by atoms with van der Waals surface area (Å²) in [5.74, 6) is 0.395. The summed E-state index contributed by atoms with van der Waals surface area (Å²) in [7, 11) is 0. The van der Waals surface area contributed by atoms with Crippen LogP contribution in [-0.4, -0.2) is 45.3 Å². The Morgan fingerprint density at radius 3 is 2.38 bits per heavy atom. The first-order valence-electron chi connectivity index (χ1n) is 10.3. The van der Waals surface area contributed by atoms with Crippen molar-refractivity contribution in [2.24, 2.45) is 5.92 Å². The van der Waals surface area contributed by atoms with Crippen LogP contribution in [0.15, 0.2) is 18.2 Å². The third-order valence-electron chi connectivity index (χ3n) is 6.04. The highest BCUT2D eigenvalue weighted by atomic mass is 16.5. The number of anilines is 3. The zero-order valence-corrected chi connectivity index (χ0v) is 15.7. The molecule has 4 rings (SSSR count). The minimum Gasteiger partial charge on any atom is -0.378 e. The van der Waals surface area contributed by atoms with Crippen molar-refractivity contribution in [2.75, 3.05) is 54.5 Å². The highest BCUT2D eigenvalue weighted by Crippen LogP contribution is 2.34. The Hall–Kier alpha value is -1.75. The standard InChI is InChI=1S/C21H31N3O2/c25-21(17-6-2-1-3-7-17)22-19-16-18(23-12-14-26-15-13-23)8-9-20(19)24-10-4-5-11-24/h8-9,16-17H,1-7,10-15H2,(H,22,25). The molecule has 0 spiro atoms. The summed E-state index contributed by atoms with van der Waals surface area (Å²) in [6.07, 6.45) is 8.19. The third kappa shape index (κ3) is 3.98. The number of benzene rings is 1. The molecule has 0 radical (unpaired) electrons. The normalized spacial score (nSPS) is 21.8. The Balaban J connectivity index is 1.56. The van der Waals surface area contributed by atoms with Crippen molar-refractivity contribution in [2.45, 2.75) is 44.9 Å². The van der Waals surface area contributed by atoms with Crippen molar-refractivity contribution in [3.05, 3.63) is 18.2 Å². The van der Waals surface area contributed by atoms with Gasteiger partial charge >= 0.3 is 0 Å². The van der Waals surface area contributed by atoms with Crippen LogP contribution in [-0.2, 0) is 9.53 Å². The molecule has 142 valence electrons. The van der Waals surface area contributed by atoms with Crippen LogP contribution in [0.4, 0.5) is 17.1 Å². The van der Waals surface area contributed by atoms with E-state index >= 15 is 0 Å². The van der Waals surface area contributed by atoms with Crippen LogP contribution >= 0.6 is 0 Å². The lowest BCUT2D eigenvalue weighted by atomic mass is 9.88. The number of nitrogens with zero attached hydrogens (tertiary/aromatic N) is 2. The number of carbonyl (C=O) groups excluding carboxylic acids is 1. The summed E-state index contributed by atoms with van der Waals surface area (Å²) in [5, 5.41) is 3.30. The van der Waals surface area contributed by atoms with E-state index in [9.17, 15) is 4.79 Å². The highest BCUT2D eigenvalue weighted by molar-refractivity contribution is 5.96. The Morgan fingerprint density at radius 1 is 0.923 bits per heavy atom. The monoisotopic (exact) mass is 357 g/mol. The second kappa shape index (κ2) is 8.30. The van der Waals surface area contributed by atoms with Crippen LogP contribution in [0.2, 0.25) is 0 Å². The molecule has 5 nitrogen and oxygen atoms in total. The number of morpholine rings is 1. The second-order valence-corrected chi connectivity index (χ2v) is 7.82. The zero-order valence-electron chi connectivity index (χ0n) is 15.7. The highest BCUT2D eigenvalue weighted by Gasteiger charge is 2.24. The molecule has 0 bridgehead atoms. The number of ether oxygens (including phenoxy) is 1. The molecule has 0 unspecified atom stereocenters. The van der Waals surface area contributed by atoms with Gasteiger partial charge in [0.1, 0.15) is 0 Å². The van der Waals surface area contributed by atoms with Gasteiger partial charge in [-0.05, 0) is 43.9 Å². The van der Waals surface area contributed by atoms with E-state index in [4.69, 9.17) is 4.74 Å². The molecule has 1 saturated carbocycles. The molecule has 1 aromatic rings. The van der Waals surface area contributed by atoms with Gasteiger partial charge in [-0.1, -0.05) is 19.3 Å². The summed E-state index contributed by atoms with van der Waals surface area (Å²) < 4.78 is 5.48. The molecular weight excluding hydrogens is 326 g/mol. The molecule has 3 aliphatic rings. The molecule has 1 aromatic carbocycles. The van der Waals surface area contributed by atoms with E-state index in [1.54, 1.807) is 0 Å². The van der Waals surface area contributed by atoms with Crippen molar-refractivity contribution in [1.29, 1.82) is 0 Å². The number of rotatable bonds is 4. The van der Waals surface area contributed by atoms with Gasteiger partial charge in [0.05, 0.1) is 24.6 Å². The van der Waals surface area contributed by atoms with Gasteiger partial charge in [-0.15, -0.1) is 0 Å². The molecule has 1 amide bonds. The summed E-state index contributed by atoms with van der Waals surface area (Å²) in [6.45, 7) is 5.56. The fourth-order valence-electron chi connectivity index (χ4n) is 4.48. The minimum atomic E-state index is 0.183. The van der Waals surface area contributed by atoms with E-state index in [0.717, 1.165) is 57.9 Å². The SMILES string of the molecule is O=C(Nc1cc(N2CCOCC2)ccc1N1CCCC1)C1CCCCC1. The Bertz CT molecular complexity index is 616. The fourth-order valence-corrected chi connectivity index (χ4v) is 4.48. The Kier molecular flexibility index (Phi) is 5.63. The van der Waals surface area contributed by atoms with Crippen molar-refractivity contribution in [3.63, 3.8) is 0 Å². The maximum absolute atomic E-state index is 12.9. The molecule has 5 heteroatoms. The quantitative estimate of drug-likeness (QED) is 0.893. The van der Waals surface area contributed by atoms with E-state index in [2.05, 4.69) is 33.3 Å². The molecule has 0 atom stereocenters. The Morgan fingerprint density at radius 2 is 1.65 bits per heavy atom. The Labute approximate surface area is 156 Å². The van der Waals surface area contributed by atoms with Crippen LogP contribution in [0.5, 0.6) is 0 Å². The van der Waals surface area contributed by atoms with E-state index in [-0.39, 0.29) is 11.8 Å². The molecule has 0 aromatic heterocycles. The second-order valence-electron chi connectivity index (χ2n) is 7.82. The topological polar surface area (TPSA) is 44.8 Å². The molecule has 2 heterocycles. The summed E-state index contributed by atoms with van der Waals surface area (Å²) in [4.78, 5) is 17.6. The molecule has 2 saturated heterocycles. The van der Waals surface area contributed by atoms with Gasteiger partial charge in [0.15, 0.2) is 0 Å². The number of nitrogens with one attached hydrogen (secondary N) is 1.